The molecule has 2 aromatic carbocycles. The van der Waals surface area contributed by atoms with E-state index in [0.29, 0.717) is 23.4 Å². The Morgan fingerprint density at radius 3 is 2.38 bits per heavy atom. The Balaban J connectivity index is 1.77. The van der Waals surface area contributed by atoms with Crippen LogP contribution in [0.25, 0.3) is 10.9 Å². The number of nitrogens with one attached hydrogen (secondary N) is 1. The lowest BCUT2D eigenvalue weighted by molar-refractivity contribution is 0.393. The highest BCUT2D eigenvalue weighted by Crippen LogP contribution is 2.23. The van der Waals surface area contributed by atoms with Crippen molar-refractivity contribution in [3.63, 3.8) is 0 Å². The van der Waals surface area contributed by atoms with Crippen molar-refractivity contribution in [1.29, 1.82) is 0 Å². The summed E-state index contributed by atoms with van der Waals surface area (Å²) >= 11 is 0. The molecule has 0 aliphatic rings. The minimum Gasteiger partial charge on any atom is -0.497 e. The van der Waals surface area contributed by atoms with Gasteiger partial charge in [0.05, 0.1) is 19.7 Å². The third kappa shape index (κ3) is 3.95. The van der Waals surface area contributed by atoms with Crippen LogP contribution in [0.4, 0.5) is 0 Å². The molecule has 3 rings (SSSR count). The lowest BCUT2D eigenvalue weighted by Gasteiger charge is -2.11. The summed E-state index contributed by atoms with van der Waals surface area (Å²) in [5.41, 5.74) is 1.38. The summed E-state index contributed by atoms with van der Waals surface area (Å²) in [5.74, 6) is 1.33. The molecule has 0 bridgehead atoms. The minimum absolute atomic E-state index is 0.179. The number of pyridine rings is 1. The van der Waals surface area contributed by atoms with Gasteiger partial charge in [-0.3, -0.25) is 4.98 Å². The maximum absolute atomic E-state index is 12.7. The molecule has 1 aromatic heterocycles. The summed E-state index contributed by atoms with van der Waals surface area (Å²) in [7, 11) is -0.507. The minimum atomic E-state index is -3.66. The number of sulfonamides is 1. The molecular formula is C19H20N2O4S. The van der Waals surface area contributed by atoms with E-state index in [-0.39, 0.29) is 11.4 Å². The highest BCUT2D eigenvalue weighted by atomic mass is 32.2. The SMILES string of the molecule is COc1cc(CCNS(=O)(=O)c2cccc3cccnc23)cc(OC)c1. The molecule has 136 valence electrons. The Labute approximate surface area is 152 Å². The van der Waals surface area contributed by atoms with Gasteiger partial charge in [-0.2, -0.15) is 0 Å². The summed E-state index contributed by atoms with van der Waals surface area (Å²) in [4.78, 5) is 4.39. The molecule has 0 unspecified atom stereocenters. The summed E-state index contributed by atoms with van der Waals surface area (Å²) in [6.07, 6.45) is 2.09. The molecule has 3 aromatic rings. The molecule has 7 heteroatoms. The van der Waals surface area contributed by atoms with Crippen LogP contribution < -0.4 is 14.2 Å². The average Bonchev–Trinajstić information content (AvgIpc) is 2.67. The largest absolute Gasteiger partial charge is 0.497 e. The van der Waals surface area contributed by atoms with Crippen LogP contribution in [0.1, 0.15) is 5.56 Å². The lowest BCUT2D eigenvalue weighted by atomic mass is 10.1. The fraction of sp³-hybridized carbons (Fsp3) is 0.211. The summed E-state index contributed by atoms with van der Waals surface area (Å²) < 4.78 is 38.5. The number of benzene rings is 2. The Morgan fingerprint density at radius 2 is 1.69 bits per heavy atom. The van der Waals surface area contributed by atoms with Crippen LogP contribution in [0.15, 0.2) is 59.6 Å². The molecular weight excluding hydrogens is 352 g/mol. The zero-order chi connectivity index (χ0) is 18.6. The number of hydrogen-bond donors (Lipinski definition) is 1. The third-order valence-corrected chi connectivity index (χ3v) is 5.49. The van der Waals surface area contributed by atoms with Gasteiger partial charge in [0.1, 0.15) is 16.4 Å². The molecule has 0 aliphatic heterocycles. The first-order chi connectivity index (χ1) is 12.5. The van der Waals surface area contributed by atoms with Crippen LogP contribution in [0.2, 0.25) is 0 Å². The van der Waals surface area contributed by atoms with Gasteiger partial charge in [-0.05, 0) is 36.2 Å². The maximum Gasteiger partial charge on any atom is 0.242 e. The molecule has 0 saturated carbocycles. The highest BCUT2D eigenvalue weighted by molar-refractivity contribution is 7.89. The molecule has 6 nitrogen and oxygen atoms in total. The van der Waals surface area contributed by atoms with Gasteiger partial charge in [0.15, 0.2) is 0 Å². The van der Waals surface area contributed by atoms with Crippen molar-refractivity contribution in [2.75, 3.05) is 20.8 Å². The van der Waals surface area contributed by atoms with Crippen LogP contribution in [0.5, 0.6) is 11.5 Å². The molecule has 0 radical (unpaired) electrons. The lowest BCUT2D eigenvalue weighted by Crippen LogP contribution is -2.26. The molecule has 26 heavy (non-hydrogen) atoms. The van der Waals surface area contributed by atoms with E-state index in [9.17, 15) is 8.42 Å². The topological polar surface area (TPSA) is 77.5 Å². The van der Waals surface area contributed by atoms with E-state index in [0.717, 1.165) is 10.9 Å². The van der Waals surface area contributed by atoms with Crippen molar-refractivity contribution in [1.82, 2.24) is 9.71 Å². The first-order valence-corrected chi connectivity index (χ1v) is 9.57. The number of nitrogens with zero attached hydrogens (tertiary/aromatic N) is 1. The number of para-hydroxylation sites is 1. The Kier molecular flexibility index (Phi) is 5.39. The van der Waals surface area contributed by atoms with E-state index in [1.54, 1.807) is 44.7 Å². The first kappa shape index (κ1) is 18.2. The molecule has 0 spiro atoms. The highest BCUT2D eigenvalue weighted by Gasteiger charge is 2.17. The quantitative estimate of drug-likeness (QED) is 0.690. The van der Waals surface area contributed by atoms with Crippen LogP contribution in [0, 0.1) is 0 Å². The fourth-order valence-corrected chi connectivity index (χ4v) is 3.92. The zero-order valence-electron chi connectivity index (χ0n) is 14.6. The third-order valence-electron chi connectivity index (χ3n) is 4.00. The van der Waals surface area contributed by atoms with Gasteiger partial charge in [0.25, 0.3) is 0 Å². The normalized spacial score (nSPS) is 11.5. The predicted molar refractivity (Wildman–Crippen MR) is 100 cm³/mol. The molecule has 0 aliphatic carbocycles. The van der Waals surface area contributed by atoms with Crippen LogP contribution in [-0.2, 0) is 16.4 Å². The number of ether oxygens (including phenoxy) is 2. The molecule has 1 N–H and O–H groups in total. The Morgan fingerprint density at radius 1 is 1.00 bits per heavy atom. The van der Waals surface area contributed by atoms with Crippen molar-refractivity contribution < 1.29 is 17.9 Å². The van der Waals surface area contributed by atoms with Gasteiger partial charge in [-0.15, -0.1) is 0 Å². The van der Waals surface area contributed by atoms with Gasteiger partial charge >= 0.3 is 0 Å². The van der Waals surface area contributed by atoms with Crippen molar-refractivity contribution in [3.05, 3.63) is 60.3 Å². The van der Waals surface area contributed by atoms with Gasteiger partial charge < -0.3 is 9.47 Å². The summed E-state index contributed by atoms with van der Waals surface area (Å²) in [6.45, 7) is 0.252. The second-order valence-corrected chi connectivity index (χ2v) is 7.44. The number of aromatic nitrogens is 1. The van der Waals surface area contributed by atoms with Crippen LogP contribution in [-0.4, -0.2) is 34.2 Å². The standard InChI is InChI=1S/C19H20N2O4S/c1-24-16-11-14(12-17(13-16)25-2)8-10-21-26(22,23)18-7-3-5-15-6-4-9-20-19(15)18/h3-7,9,11-13,21H,8,10H2,1-2H3. The number of methoxy groups -OCH3 is 2. The van der Waals surface area contributed by atoms with Gasteiger partial charge in [-0.1, -0.05) is 18.2 Å². The van der Waals surface area contributed by atoms with E-state index >= 15 is 0 Å². The maximum atomic E-state index is 12.7. The predicted octanol–water partition coefficient (Wildman–Crippen LogP) is 2.77. The van der Waals surface area contributed by atoms with Crippen molar-refractivity contribution in [3.8, 4) is 11.5 Å². The van der Waals surface area contributed by atoms with E-state index in [2.05, 4.69) is 9.71 Å². The van der Waals surface area contributed by atoms with Gasteiger partial charge in [0, 0.05) is 24.2 Å². The van der Waals surface area contributed by atoms with Crippen molar-refractivity contribution in [2.24, 2.45) is 0 Å². The Bertz CT molecular complexity index is 991. The number of hydrogen-bond acceptors (Lipinski definition) is 5. The fourth-order valence-electron chi connectivity index (χ4n) is 2.71. The number of fused-ring (bicyclic) bond motifs is 1. The van der Waals surface area contributed by atoms with Crippen molar-refractivity contribution in [2.45, 2.75) is 11.3 Å². The van der Waals surface area contributed by atoms with E-state index in [4.69, 9.17) is 9.47 Å². The van der Waals surface area contributed by atoms with Crippen molar-refractivity contribution >= 4 is 20.9 Å². The Hall–Kier alpha value is -2.64. The second kappa shape index (κ2) is 7.72. The average molecular weight is 372 g/mol. The first-order valence-electron chi connectivity index (χ1n) is 8.09. The number of rotatable bonds is 7. The van der Waals surface area contributed by atoms with E-state index in [1.165, 1.54) is 0 Å². The molecule has 0 atom stereocenters. The molecule has 0 fully saturated rings. The monoisotopic (exact) mass is 372 g/mol. The van der Waals surface area contributed by atoms with Gasteiger partial charge in [-0.25, -0.2) is 13.1 Å². The zero-order valence-corrected chi connectivity index (χ0v) is 15.4. The molecule has 1 heterocycles. The van der Waals surface area contributed by atoms with E-state index < -0.39 is 10.0 Å². The molecule has 0 amide bonds. The smallest absolute Gasteiger partial charge is 0.242 e. The summed E-state index contributed by atoms with van der Waals surface area (Å²) in [6, 6.07) is 14.2. The second-order valence-electron chi connectivity index (χ2n) is 5.70. The summed E-state index contributed by atoms with van der Waals surface area (Å²) in [5, 5.41) is 0.785. The van der Waals surface area contributed by atoms with Crippen LogP contribution in [0.3, 0.4) is 0 Å². The molecule has 0 saturated heterocycles. The van der Waals surface area contributed by atoms with E-state index in [1.807, 2.05) is 24.3 Å². The van der Waals surface area contributed by atoms with Gasteiger partial charge in [0.2, 0.25) is 10.0 Å². The van der Waals surface area contributed by atoms with Crippen LogP contribution >= 0.6 is 0 Å².